The number of hydrogen-bond acceptors (Lipinski definition) is 2. The van der Waals surface area contributed by atoms with Gasteiger partial charge < -0.3 is 5.32 Å². The van der Waals surface area contributed by atoms with Crippen LogP contribution in [0.5, 0.6) is 0 Å². The van der Waals surface area contributed by atoms with E-state index in [-0.39, 0.29) is 11.9 Å². The maximum absolute atomic E-state index is 12.7. The second kappa shape index (κ2) is 8.82. The van der Waals surface area contributed by atoms with Gasteiger partial charge in [0.05, 0.1) is 12.6 Å². The molecule has 3 heteroatoms. The summed E-state index contributed by atoms with van der Waals surface area (Å²) in [5.74, 6) is 0.124. The summed E-state index contributed by atoms with van der Waals surface area (Å²) >= 11 is 0. The first-order valence-corrected chi connectivity index (χ1v) is 9.34. The maximum atomic E-state index is 12.7. The van der Waals surface area contributed by atoms with Crippen LogP contribution in [0.4, 0.5) is 0 Å². The molecule has 1 fully saturated rings. The third kappa shape index (κ3) is 5.17. The molecule has 2 unspecified atom stereocenters. The van der Waals surface area contributed by atoms with Crippen LogP contribution >= 0.6 is 0 Å². The van der Waals surface area contributed by atoms with Crippen LogP contribution in [-0.4, -0.2) is 29.9 Å². The second-order valence-corrected chi connectivity index (χ2v) is 7.04. The second-order valence-electron chi connectivity index (χ2n) is 7.04. The van der Waals surface area contributed by atoms with E-state index in [1.807, 2.05) is 24.3 Å². The predicted molar refractivity (Wildman–Crippen MR) is 102 cm³/mol. The zero-order chi connectivity index (χ0) is 17.5. The molecule has 1 saturated heterocycles. The summed E-state index contributed by atoms with van der Waals surface area (Å²) in [4.78, 5) is 15.0. The molecule has 2 aromatic carbocycles. The minimum atomic E-state index is 0.0104. The van der Waals surface area contributed by atoms with Crippen LogP contribution in [0.2, 0.25) is 0 Å². The normalized spacial score (nSPS) is 19.3. The fourth-order valence-corrected chi connectivity index (χ4v) is 3.60. The minimum absolute atomic E-state index is 0.0104. The molecule has 1 N–H and O–H groups in total. The number of piperidine rings is 1. The Morgan fingerprint density at radius 3 is 2.44 bits per heavy atom. The van der Waals surface area contributed by atoms with Crippen LogP contribution in [0.25, 0.3) is 0 Å². The average Bonchev–Trinajstić information content (AvgIpc) is 2.65. The van der Waals surface area contributed by atoms with Gasteiger partial charge >= 0.3 is 0 Å². The van der Waals surface area contributed by atoms with Crippen molar-refractivity contribution in [3.63, 3.8) is 0 Å². The van der Waals surface area contributed by atoms with Gasteiger partial charge in [0.1, 0.15) is 0 Å². The summed E-state index contributed by atoms with van der Waals surface area (Å²) in [5.41, 5.74) is 2.40. The van der Waals surface area contributed by atoms with Crippen molar-refractivity contribution in [1.82, 2.24) is 10.2 Å². The van der Waals surface area contributed by atoms with E-state index < -0.39 is 0 Å². The van der Waals surface area contributed by atoms with E-state index in [1.54, 1.807) is 0 Å². The molecule has 0 radical (unpaired) electrons. The van der Waals surface area contributed by atoms with Crippen molar-refractivity contribution in [2.45, 2.75) is 44.7 Å². The largest absolute Gasteiger partial charge is 0.348 e. The smallest absolute Gasteiger partial charge is 0.234 e. The van der Waals surface area contributed by atoms with Crippen LogP contribution in [0.15, 0.2) is 60.7 Å². The lowest BCUT2D eigenvalue weighted by molar-refractivity contribution is -0.123. The van der Waals surface area contributed by atoms with Crippen LogP contribution < -0.4 is 5.32 Å². The number of carbonyl (C=O) groups excluding carboxylic acids is 1. The van der Waals surface area contributed by atoms with Crippen molar-refractivity contribution in [1.29, 1.82) is 0 Å². The van der Waals surface area contributed by atoms with Gasteiger partial charge in [0, 0.05) is 6.04 Å². The molecule has 25 heavy (non-hydrogen) atoms. The molecule has 0 saturated carbocycles. The molecule has 3 rings (SSSR count). The number of amides is 1. The quantitative estimate of drug-likeness (QED) is 0.866. The number of hydrogen-bond donors (Lipinski definition) is 1. The van der Waals surface area contributed by atoms with Crippen molar-refractivity contribution in [2.24, 2.45) is 0 Å². The molecule has 3 nitrogen and oxygen atoms in total. The topological polar surface area (TPSA) is 32.3 Å². The molecule has 2 atom stereocenters. The Hall–Kier alpha value is -2.13. The summed E-state index contributed by atoms with van der Waals surface area (Å²) < 4.78 is 0. The van der Waals surface area contributed by atoms with E-state index in [2.05, 4.69) is 53.5 Å². The van der Waals surface area contributed by atoms with Gasteiger partial charge in [0.2, 0.25) is 5.91 Å². The highest BCUT2D eigenvalue weighted by Gasteiger charge is 2.22. The Kier molecular flexibility index (Phi) is 6.24. The van der Waals surface area contributed by atoms with Crippen molar-refractivity contribution >= 4 is 5.91 Å². The van der Waals surface area contributed by atoms with Gasteiger partial charge in [-0.25, -0.2) is 0 Å². The molecule has 1 aliphatic rings. The summed E-state index contributed by atoms with van der Waals surface area (Å²) in [6, 6.07) is 21.2. The van der Waals surface area contributed by atoms with E-state index in [1.165, 1.54) is 24.8 Å². The third-order valence-electron chi connectivity index (χ3n) is 5.11. The van der Waals surface area contributed by atoms with Gasteiger partial charge in [-0.1, -0.05) is 67.1 Å². The summed E-state index contributed by atoms with van der Waals surface area (Å²) in [6.07, 6.45) is 4.48. The van der Waals surface area contributed by atoms with Crippen molar-refractivity contribution in [2.75, 3.05) is 13.1 Å². The molecule has 0 aliphatic carbocycles. The van der Waals surface area contributed by atoms with E-state index in [0.717, 1.165) is 18.5 Å². The Morgan fingerprint density at radius 2 is 1.76 bits per heavy atom. The molecule has 132 valence electrons. The lowest BCUT2D eigenvalue weighted by atomic mass is 9.98. The van der Waals surface area contributed by atoms with Gasteiger partial charge in [-0.2, -0.15) is 0 Å². The molecule has 0 spiro atoms. The predicted octanol–water partition coefficient (Wildman–Crippen LogP) is 3.96. The first kappa shape index (κ1) is 17.7. The highest BCUT2D eigenvalue weighted by Crippen LogP contribution is 2.19. The number of carbonyl (C=O) groups is 1. The van der Waals surface area contributed by atoms with Gasteiger partial charge in [0.15, 0.2) is 0 Å². The maximum Gasteiger partial charge on any atom is 0.234 e. The monoisotopic (exact) mass is 336 g/mol. The molecule has 2 aromatic rings. The van der Waals surface area contributed by atoms with Crippen LogP contribution in [0, 0.1) is 0 Å². The SMILES string of the molecule is CC1CCCCN1CC(=O)NC(Cc1ccccc1)c1ccccc1. The van der Waals surface area contributed by atoms with Gasteiger partial charge in [-0.15, -0.1) is 0 Å². The molecular weight excluding hydrogens is 308 g/mol. The van der Waals surface area contributed by atoms with E-state index >= 15 is 0 Å². The minimum Gasteiger partial charge on any atom is -0.348 e. The zero-order valence-corrected chi connectivity index (χ0v) is 15.0. The first-order chi connectivity index (χ1) is 12.2. The standard InChI is InChI=1S/C22H28N2O/c1-18-10-8-9-15-24(18)17-22(25)23-21(20-13-6-3-7-14-20)16-19-11-4-2-5-12-19/h2-7,11-14,18,21H,8-10,15-17H2,1H3,(H,23,25). The van der Waals surface area contributed by atoms with Crippen molar-refractivity contribution in [3.05, 3.63) is 71.8 Å². The fraction of sp³-hybridized carbons (Fsp3) is 0.409. The number of likely N-dealkylation sites (tertiary alicyclic amines) is 1. The highest BCUT2D eigenvalue weighted by molar-refractivity contribution is 5.78. The van der Waals surface area contributed by atoms with Gasteiger partial charge in [0.25, 0.3) is 0 Å². The number of nitrogens with one attached hydrogen (secondary N) is 1. The van der Waals surface area contributed by atoms with E-state index in [0.29, 0.717) is 12.6 Å². The van der Waals surface area contributed by atoms with E-state index in [9.17, 15) is 4.79 Å². The molecular formula is C22H28N2O. The Labute approximate surface area is 151 Å². The first-order valence-electron chi connectivity index (χ1n) is 9.34. The van der Waals surface area contributed by atoms with Crippen LogP contribution in [0.1, 0.15) is 43.4 Å². The highest BCUT2D eigenvalue weighted by atomic mass is 16.2. The molecule has 0 bridgehead atoms. The third-order valence-corrected chi connectivity index (χ3v) is 5.11. The fourth-order valence-electron chi connectivity index (χ4n) is 3.60. The molecule has 1 aliphatic heterocycles. The molecule has 1 heterocycles. The lowest BCUT2D eigenvalue weighted by Crippen LogP contribution is -2.45. The van der Waals surface area contributed by atoms with Gasteiger partial charge in [-0.3, -0.25) is 9.69 Å². The Balaban J connectivity index is 1.67. The Morgan fingerprint density at radius 1 is 1.08 bits per heavy atom. The van der Waals surface area contributed by atoms with E-state index in [4.69, 9.17) is 0 Å². The summed E-state index contributed by atoms with van der Waals surface area (Å²) in [5, 5.41) is 3.27. The van der Waals surface area contributed by atoms with Gasteiger partial charge in [-0.05, 0) is 43.9 Å². The number of nitrogens with zero attached hydrogens (tertiary/aromatic N) is 1. The van der Waals surface area contributed by atoms with Crippen LogP contribution in [0.3, 0.4) is 0 Å². The van der Waals surface area contributed by atoms with Crippen molar-refractivity contribution < 1.29 is 4.79 Å². The lowest BCUT2D eigenvalue weighted by Gasteiger charge is -2.33. The Bertz CT molecular complexity index is 656. The summed E-state index contributed by atoms with van der Waals surface area (Å²) in [7, 11) is 0. The molecule has 0 aromatic heterocycles. The van der Waals surface area contributed by atoms with Crippen LogP contribution in [-0.2, 0) is 11.2 Å². The number of rotatable bonds is 6. The summed E-state index contributed by atoms with van der Waals surface area (Å²) in [6.45, 7) is 3.76. The zero-order valence-electron chi connectivity index (χ0n) is 15.0. The number of benzene rings is 2. The van der Waals surface area contributed by atoms with Crippen molar-refractivity contribution in [3.8, 4) is 0 Å². The molecule has 1 amide bonds. The average molecular weight is 336 g/mol.